The average Bonchev–Trinajstić information content (AvgIpc) is 3.05. The van der Waals surface area contributed by atoms with Gasteiger partial charge in [0.05, 0.1) is 6.04 Å². The number of hydrogen-bond donors (Lipinski definition) is 1. The highest BCUT2D eigenvalue weighted by Crippen LogP contribution is 2.30. The maximum absolute atomic E-state index is 12.6. The first-order chi connectivity index (χ1) is 9.37. The Morgan fingerprint density at radius 3 is 2.70 bits per heavy atom. The predicted octanol–water partition coefficient (Wildman–Crippen LogP) is 2.52. The van der Waals surface area contributed by atoms with Crippen LogP contribution in [0.2, 0.25) is 0 Å². The minimum atomic E-state index is -3.65. The Bertz CT molecular complexity index is 673. The Hall–Kier alpha value is -1.15. The van der Waals surface area contributed by atoms with Gasteiger partial charge in [0, 0.05) is 18.0 Å². The van der Waals surface area contributed by atoms with Crippen LogP contribution in [0.5, 0.6) is 0 Å². The summed E-state index contributed by atoms with van der Waals surface area (Å²) < 4.78 is 31.8. The van der Waals surface area contributed by atoms with Crippen molar-refractivity contribution in [3.05, 3.63) is 40.0 Å². The summed E-state index contributed by atoms with van der Waals surface area (Å²) in [5.74, 6) is 0.539. The number of aryl methyl sites for hydroxylation is 1. The van der Waals surface area contributed by atoms with Gasteiger partial charge in [-0.15, -0.1) is 11.3 Å². The van der Waals surface area contributed by atoms with Gasteiger partial charge in [-0.05, 0) is 25.3 Å². The minimum absolute atomic E-state index is 0.104. The van der Waals surface area contributed by atoms with Crippen LogP contribution in [0.25, 0.3) is 0 Å². The van der Waals surface area contributed by atoms with E-state index in [-0.39, 0.29) is 23.3 Å². The molecular weight excluding hydrogens is 298 g/mol. The number of aliphatic hydroxyl groups excluding tert-OH is 1. The summed E-state index contributed by atoms with van der Waals surface area (Å²) in [6, 6.07) is 4.92. The summed E-state index contributed by atoms with van der Waals surface area (Å²) >= 11 is 1.52. The Morgan fingerprint density at radius 1 is 1.50 bits per heavy atom. The molecule has 0 spiro atoms. The Morgan fingerprint density at radius 2 is 2.20 bits per heavy atom. The predicted molar refractivity (Wildman–Crippen MR) is 77.1 cm³/mol. The molecule has 2 heterocycles. The van der Waals surface area contributed by atoms with Crippen molar-refractivity contribution in [3.8, 4) is 0 Å². The smallest absolute Gasteiger partial charge is 0.246 e. The molecule has 0 radical (unpaired) electrons. The van der Waals surface area contributed by atoms with Crippen molar-refractivity contribution < 1.29 is 17.9 Å². The summed E-state index contributed by atoms with van der Waals surface area (Å²) in [5, 5.41) is 11.0. The molecule has 1 N–H and O–H groups in total. The molecule has 0 aromatic carbocycles. The van der Waals surface area contributed by atoms with E-state index in [0.29, 0.717) is 5.76 Å². The van der Waals surface area contributed by atoms with E-state index in [0.717, 1.165) is 4.88 Å². The van der Waals surface area contributed by atoms with Gasteiger partial charge < -0.3 is 9.52 Å². The van der Waals surface area contributed by atoms with Crippen molar-refractivity contribution in [2.75, 3.05) is 7.05 Å². The van der Waals surface area contributed by atoms with Crippen molar-refractivity contribution in [2.24, 2.45) is 0 Å². The summed E-state index contributed by atoms with van der Waals surface area (Å²) in [4.78, 5) is 1.08. The van der Waals surface area contributed by atoms with Gasteiger partial charge >= 0.3 is 0 Å². The lowest BCUT2D eigenvalue weighted by Gasteiger charge is -2.23. The number of aliphatic hydroxyl groups is 1. The van der Waals surface area contributed by atoms with E-state index < -0.39 is 10.0 Å². The number of furan rings is 1. The zero-order valence-corrected chi connectivity index (χ0v) is 13.2. The third kappa shape index (κ3) is 2.67. The Labute approximate surface area is 122 Å². The van der Waals surface area contributed by atoms with E-state index in [4.69, 9.17) is 9.52 Å². The Kier molecular flexibility index (Phi) is 4.33. The van der Waals surface area contributed by atoms with Crippen LogP contribution in [0.3, 0.4) is 0 Å². The van der Waals surface area contributed by atoms with E-state index in [1.54, 1.807) is 14.0 Å². The highest BCUT2D eigenvalue weighted by molar-refractivity contribution is 7.89. The van der Waals surface area contributed by atoms with Crippen molar-refractivity contribution >= 4 is 21.4 Å². The molecule has 7 heteroatoms. The van der Waals surface area contributed by atoms with Gasteiger partial charge in [-0.3, -0.25) is 0 Å². The minimum Gasteiger partial charge on any atom is -0.462 e. The van der Waals surface area contributed by atoms with E-state index in [2.05, 4.69) is 0 Å². The summed E-state index contributed by atoms with van der Waals surface area (Å²) in [7, 11) is -2.10. The molecule has 2 aromatic heterocycles. The molecule has 0 bridgehead atoms. The quantitative estimate of drug-likeness (QED) is 0.920. The van der Waals surface area contributed by atoms with Crippen LogP contribution in [-0.2, 0) is 16.6 Å². The summed E-state index contributed by atoms with van der Waals surface area (Å²) in [6.45, 7) is 3.10. The van der Waals surface area contributed by atoms with Gasteiger partial charge in [0.15, 0.2) is 0 Å². The first-order valence-electron chi connectivity index (χ1n) is 6.09. The molecule has 0 aliphatic rings. The lowest BCUT2D eigenvalue weighted by Crippen LogP contribution is -2.29. The number of rotatable bonds is 5. The van der Waals surface area contributed by atoms with Crippen LogP contribution < -0.4 is 0 Å². The monoisotopic (exact) mass is 315 g/mol. The highest BCUT2D eigenvalue weighted by atomic mass is 32.2. The topological polar surface area (TPSA) is 70.8 Å². The second kappa shape index (κ2) is 5.69. The summed E-state index contributed by atoms with van der Waals surface area (Å²) in [5.41, 5.74) is 0. The third-order valence-corrected chi connectivity index (χ3v) is 6.31. The normalized spacial score (nSPS) is 13.8. The van der Waals surface area contributed by atoms with Crippen LogP contribution in [0.4, 0.5) is 0 Å². The van der Waals surface area contributed by atoms with Crippen LogP contribution in [0.1, 0.15) is 29.4 Å². The van der Waals surface area contributed by atoms with Crippen LogP contribution in [-0.4, -0.2) is 24.9 Å². The van der Waals surface area contributed by atoms with Gasteiger partial charge in [0.2, 0.25) is 10.0 Å². The highest BCUT2D eigenvalue weighted by Gasteiger charge is 2.30. The first-order valence-corrected chi connectivity index (χ1v) is 8.41. The molecule has 0 amide bonds. The van der Waals surface area contributed by atoms with E-state index in [1.807, 2.05) is 24.4 Å². The SMILES string of the molecule is Cc1oc(CO)cc1S(=O)(=O)N(C)C(C)c1cccs1. The van der Waals surface area contributed by atoms with Gasteiger partial charge in [-0.25, -0.2) is 8.42 Å². The molecule has 1 unspecified atom stereocenters. The molecule has 0 saturated carbocycles. The lowest BCUT2D eigenvalue weighted by atomic mass is 10.3. The fraction of sp³-hybridized carbons (Fsp3) is 0.385. The van der Waals surface area contributed by atoms with E-state index in [9.17, 15) is 8.42 Å². The fourth-order valence-corrected chi connectivity index (χ4v) is 4.35. The molecular formula is C13H17NO4S2. The number of thiophene rings is 1. The molecule has 2 aromatic rings. The van der Waals surface area contributed by atoms with Crippen molar-refractivity contribution in [1.29, 1.82) is 0 Å². The van der Waals surface area contributed by atoms with Gasteiger partial charge in [0.25, 0.3) is 0 Å². The van der Waals surface area contributed by atoms with E-state index >= 15 is 0 Å². The molecule has 0 aliphatic carbocycles. The molecule has 20 heavy (non-hydrogen) atoms. The maximum atomic E-state index is 12.6. The van der Waals surface area contributed by atoms with Crippen molar-refractivity contribution in [3.63, 3.8) is 0 Å². The zero-order valence-electron chi connectivity index (χ0n) is 11.5. The molecule has 2 rings (SSSR count). The second-order valence-corrected chi connectivity index (χ2v) is 7.45. The molecule has 5 nitrogen and oxygen atoms in total. The standard InChI is InChI=1S/C13H17NO4S2/c1-9(12-5-4-6-19-12)14(3)20(16,17)13-7-11(8-15)18-10(13)2/h4-7,9,15H,8H2,1-3H3. The maximum Gasteiger partial charge on any atom is 0.246 e. The fourth-order valence-electron chi connectivity index (χ4n) is 1.93. The third-order valence-electron chi connectivity index (χ3n) is 3.24. The van der Waals surface area contributed by atoms with Gasteiger partial charge in [-0.1, -0.05) is 6.07 Å². The van der Waals surface area contributed by atoms with Gasteiger partial charge in [0.1, 0.15) is 23.0 Å². The van der Waals surface area contributed by atoms with Crippen LogP contribution >= 0.6 is 11.3 Å². The number of hydrogen-bond acceptors (Lipinski definition) is 5. The number of sulfonamides is 1. The molecule has 0 saturated heterocycles. The average molecular weight is 315 g/mol. The zero-order chi connectivity index (χ0) is 14.9. The lowest BCUT2D eigenvalue weighted by molar-refractivity contribution is 0.244. The largest absolute Gasteiger partial charge is 0.462 e. The second-order valence-electron chi connectivity index (χ2n) is 4.50. The summed E-state index contributed by atoms with van der Waals surface area (Å²) in [6.07, 6.45) is 0. The first kappa shape index (κ1) is 15.2. The van der Waals surface area contributed by atoms with E-state index in [1.165, 1.54) is 21.7 Å². The van der Waals surface area contributed by atoms with Crippen LogP contribution in [0, 0.1) is 6.92 Å². The molecule has 110 valence electrons. The molecule has 0 aliphatic heterocycles. The van der Waals surface area contributed by atoms with Gasteiger partial charge in [-0.2, -0.15) is 4.31 Å². The van der Waals surface area contributed by atoms with Crippen molar-refractivity contribution in [2.45, 2.75) is 31.4 Å². The van der Waals surface area contributed by atoms with Crippen molar-refractivity contribution in [1.82, 2.24) is 4.31 Å². The van der Waals surface area contributed by atoms with Crippen LogP contribution in [0.15, 0.2) is 32.9 Å². The molecule has 1 atom stereocenters. The Balaban J connectivity index is 2.36. The molecule has 0 fully saturated rings. The number of nitrogens with zero attached hydrogens (tertiary/aromatic N) is 1.